The van der Waals surface area contributed by atoms with Gasteiger partial charge in [0.05, 0.1) is 25.4 Å². The number of anilines is 3. The first-order valence-electron chi connectivity index (χ1n) is 13.5. The second-order valence-electron chi connectivity index (χ2n) is 11.6. The Morgan fingerprint density at radius 3 is 2.77 bits per heavy atom. The predicted octanol–water partition coefficient (Wildman–Crippen LogP) is 4.01. The van der Waals surface area contributed by atoms with E-state index in [1.54, 1.807) is 11.3 Å². The highest BCUT2D eigenvalue weighted by Gasteiger charge is 2.53. The summed E-state index contributed by atoms with van der Waals surface area (Å²) in [6, 6.07) is 8.18. The zero-order valence-corrected chi connectivity index (χ0v) is 23.7. The summed E-state index contributed by atoms with van der Waals surface area (Å²) in [5.41, 5.74) is 9.97. The van der Waals surface area contributed by atoms with E-state index in [2.05, 4.69) is 32.7 Å². The van der Waals surface area contributed by atoms with Gasteiger partial charge >= 0.3 is 6.09 Å². The Hall–Kier alpha value is -3.15. The van der Waals surface area contributed by atoms with Crippen LogP contribution in [0.25, 0.3) is 10.2 Å². The number of hydrogen-bond acceptors (Lipinski definition) is 10. The van der Waals surface area contributed by atoms with Crippen molar-refractivity contribution in [3.05, 3.63) is 41.2 Å². The smallest absolute Gasteiger partial charge is 0.408 e. The minimum atomic E-state index is -0.902. The van der Waals surface area contributed by atoms with Gasteiger partial charge in [-0.05, 0) is 70.7 Å². The maximum absolute atomic E-state index is 12.5. The Morgan fingerprint density at radius 2 is 2.00 bits per heavy atom. The number of aromatic nitrogens is 2. The lowest BCUT2D eigenvalue weighted by Crippen LogP contribution is -2.53. The summed E-state index contributed by atoms with van der Waals surface area (Å²) in [4.78, 5) is 25.3. The van der Waals surface area contributed by atoms with Gasteiger partial charge in [-0.1, -0.05) is 17.4 Å². The topological polar surface area (TPSA) is 124 Å². The Morgan fingerprint density at radius 1 is 1.21 bits per heavy atom. The molecule has 6 rings (SSSR count). The van der Waals surface area contributed by atoms with E-state index in [0.717, 1.165) is 57.4 Å². The molecule has 0 saturated carbocycles. The molecular weight excluding hydrogens is 516 g/mol. The SMILES string of the molecule is Cc1ccc2c(N)c(N[C@H]3CCc4nc(N5C[C@H](NC(=O)OC(C)(C)C)C6(C5)OCCO6)ccc4C3)sc2n1. The normalized spacial score (nSPS) is 22.3. The minimum Gasteiger partial charge on any atom is -0.444 e. The Bertz CT molecular complexity index is 1400. The van der Waals surface area contributed by atoms with Crippen molar-refractivity contribution < 1.29 is 19.0 Å². The average Bonchev–Trinajstić information content (AvgIpc) is 3.56. The summed E-state index contributed by atoms with van der Waals surface area (Å²) >= 11 is 1.62. The van der Waals surface area contributed by atoms with Gasteiger partial charge < -0.3 is 35.5 Å². The van der Waals surface area contributed by atoms with Crippen LogP contribution in [0, 0.1) is 6.92 Å². The fourth-order valence-corrected chi connectivity index (χ4v) is 6.74. The lowest BCUT2D eigenvalue weighted by atomic mass is 9.92. The molecule has 39 heavy (non-hydrogen) atoms. The number of pyridine rings is 2. The van der Waals surface area contributed by atoms with Crippen LogP contribution in [0.2, 0.25) is 0 Å². The molecule has 4 N–H and O–H groups in total. The number of aryl methyl sites for hydroxylation is 2. The second-order valence-corrected chi connectivity index (χ2v) is 12.6. The van der Waals surface area contributed by atoms with Gasteiger partial charge in [0.2, 0.25) is 5.79 Å². The largest absolute Gasteiger partial charge is 0.444 e. The number of alkyl carbamates (subject to hydrolysis) is 1. The van der Waals surface area contributed by atoms with E-state index in [4.69, 9.17) is 24.9 Å². The van der Waals surface area contributed by atoms with Gasteiger partial charge in [0.1, 0.15) is 27.3 Å². The zero-order chi connectivity index (χ0) is 27.4. The van der Waals surface area contributed by atoms with Crippen molar-refractivity contribution in [3.63, 3.8) is 0 Å². The number of ether oxygens (including phenoxy) is 3. The van der Waals surface area contributed by atoms with Crippen molar-refractivity contribution in [2.45, 2.75) is 70.4 Å². The third-order valence-electron chi connectivity index (χ3n) is 7.45. The minimum absolute atomic E-state index is 0.277. The number of carbonyl (C=O) groups excluding carboxylic acids is 1. The maximum atomic E-state index is 12.5. The number of thiophene rings is 1. The summed E-state index contributed by atoms with van der Waals surface area (Å²) < 4.78 is 17.6. The van der Waals surface area contributed by atoms with Crippen molar-refractivity contribution in [2.75, 3.05) is 42.3 Å². The number of nitrogens with two attached hydrogens (primary N) is 1. The van der Waals surface area contributed by atoms with Crippen LogP contribution < -0.4 is 21.3 Å². The number of nitrogens with zero attached hydrogens (tertiary/aromatic N) is 3. The highest BCUT2D eigenvalue weighted by Crippen LogP contribution is 2.39. The number of amides is 1. The molecule has 2 atom stereocenters. The zero-order valence-electron chi connectivity index (χ0n) is 22.9. The molecule has 11 heteroatoms. The first-order valence-corrected chi connectivity index (χ1v) is 14.3. The highest BCUT2D eigenvalue weighted by molar-refractivity contribution is 7.23. The van der Waals surface area contributed by atoms with Crippen molar-refractivity contribution in [3.8, 4) is 0 Å². The number of carbonyl (C=O) groups is 1. The van der Waals surface area contributed by atoms with Crippen molar-refractivity contribution in [1.29, 1.82) is 0 Å². The molecule has 2 aliphatic heterocycles. The summed E-state index contributed by atoms with van der Waals surface area (Å²) in [6.07, 6.45) is 2.23. The van der Waals surface area contributed by atoms with E-state index < -0.39 is 17.5 Å². The lowest BCUT2D eigenvalue weighted by Gasteiger charge is -2.29. The third-order valence-corrected chi connectivity index (χ3v) is 8.50. The van der Waals surface area contributed by atoms with E-state index in [-0.39, 0.29) is 12.1 Å². The van der Waals surface area contributed by atoms with E-state index in [0.29, 0.717) is 26.3 Å². The second kappa shape index (κ2) is 9.79. The van der Waals surface area contributed by atoms with Gasteiger partial charge in [-0.25, -0.2) is 14.8 Å². The van der Waals surface area contributed by atoms with E-state index in [9.17, 15) is 4.79 Å². The summed E-state index contributed by atoms with van der Waals surface area (Å²) in [6.45, 7) is 9.53. The van der Waals surface area contributed by atoms with Crippen LogP contribution >= 0.6 is 11.3 Å². The van der Waals surface area contributed by atoms with Gasteiger partial charge in [-0.2, -0.15) is 0 Å². The van der Waals surface area contributed by atoms with Crippen molar-refractivity contribution in [2.24, 2.45) is 0 Å². The van der Waals surface area contributed by atoms with Gasteiger partial charge in [-0.15, -0.1) is 0 Å². The van der Waals surface area contributed by atoms with Crippen LogP contribution in [0.15, 0.2) is 24.3 Å². The van der Waals surface area contributed by atoms with E-state index in [1.807, 2.05) is 39.8 Å². The van der Waals surface area contributed by atoms with Crippen LogP contribution in [0.5, 0.6) is 0 Å². The van der Waals surface area contributed by atoms with Gasteiger partial charge in [-0.3, -0.25) is 0 Å². The molecule has 2 fully saturated rings. The molecule has 0 unspecified atom stereocenters. The standard InChI is InChI=1S/C28H36N6O4S/c1-16-5-8-19-23(29)25(39-24(19)30-16)31-18-7-9-20-17(13-18)6-10-22(32-20)34-14-21(28(15-34)36-11-12-37-28)33-26(35)38-27(2,3)4/h5-6,8,10,18,21,31H,7,9,11-15,29H2,1-4H3,(H,33,35)/t18-,21-/m0/s1. The highest BCUT2D eigenvalue weighted by atomic mass is 32.1. The molecule has 10 nitrogen and oxygen atoms in total. The number of nitrogen functional groups attached to an aromatic ring is 1. The summed E-state index contributed by atoms with van der Waals surface area (Å²) in [7, 11) is 0. The molecular formula is C28H36N6O4S. The van der Waals surface area contributed by atoms with Gasteiger partial charge in [0.15, 0.2) is 0 Å². The van der Waals surface area contributed by atoms with Crippen LogP contribution in [0.4, 0.5) is 21.3 Å². The quantitative estimate of drug-likeness (QED) is 0.440. The van der Waals surface area contributed by atoms with Crippen molar-refractivity contribution in [1.82, 2.24) is 15.3 Å². The fraction of sp³-hybridized carbons (Fsp3) is 0.536. The van der Waals surface area contributed by atoms with Crippen LogP contribution in [0.1, 0.15) is 44.1 Å². The monoisotopic (exact) mass is 552 g/mol. The fourth-order valence-electron chi connectivity index (χ4n) is 5.62. The molecule has 0 aromatic carbocycles. The summed E-state index contributed by atoms with van der Waals surface area (Å²) in [5, 5.41) is 8.64. The van der Waals surface area contributed by atoms with Crippen LogP contribution in [0.3, 0.4) is 0 Å². The number of rotatable bonds is 4. The molecule has 1 aliphatic carbocycles. The Labute approximate surface area is 232 Å². The third kappa shape index (κ3) is 5.22. The van der Waals surface area contributed by atoms with E-state index in [1.165, 1.54) is 5.56 Å². The number of fused-ring (bicyclic) bond motifs is 2. The Kier molecular flexibility index (Phi) is 6.55. The van der Waals surface area contributed by atoms with Crippen molar-refractivity contribution >= 4 is 44.2 Å². The molecule has 3 aromatic rings. The molecule has 2 saturated heterocycles. The molecule has 3 aliphatic rings. The molecule has 3 aromatic heterocycles. The predicted molar refractivity (Wildman–Crippen MR) is 152 cm³/mol. The first-order chi connectivity index (χ1) is 18.6. The van der Waals surface area contributed by atoms with Gasteiger partial charge in [0.25, 0.3) is 0 Å². The molecule has 5 heterocycles. The molecule has 1 amide bonds. The maximum Gasteiger partial charge on any atom is 0.408 e. The van der Waals surface area contributed by atoms with Crippen LogP contribution in [-0.4, -0.2) is 65.8 Å². The molecule has 1 spiro atoms. The van der Waals surface area contributed by atoms with E-state index >= 15 is 0 Å². The number of hydrogen-bond donors (Lipinski definition) is 3. The molecule has 0 radical (unpaired) electrons. The molecule has 0 bridgehead atoms. The number of nitrogens with one attached hydrogen (secondary N) is 2. The van der Waals surface area contributed by atoms with Gasteiger partial charge in [0, 0.05) is 29.4 Å². The lowest BCUT2D eigenvalue weighted by molar-refractivity contribution is -0.153. The Balaban J connectivity index is 1.15. The summed E-state index contributed by atoms with van der Waals surface area (Å²) in [5.74, 6) is -0.0384. The average molecular weight is 553 g/mol. The van der Waals surface area contributed by atoms with Crippen LogP contribution in [-0.2, 0) is 27.1 Å². The first kappa shape index (κ1) is 26.1. The molecule has 208 valence electrons.